The maximum absolute atomic E-state index is 11.9. The Kier molecular flexibility index (Phi) is 6.57. The summed E-state index contributed by atoms with van der Waals surface area (Å²) in [6.45, 7) is 8.33. The lowest BCUT2D eigenvalue weighted by molar-refractivity contribution is -0.117. The van der Waals surface area contributed by atoms with Crippen LogP contribution in [0.4, 0.5) is 0 Å². The second-order valence-electron chi connectivity index (χ2n) is 4.27. The number of hydrogen-bond acceptors (Lipinski definition) is 3. The van der Waals surface area contributed by atoms with Crippen LogP contribution in [0, 0.1) is 0 Å². The lowest BCUT2D eigenvalue weighted by Crippen LogP contribution is -2.25. The quantitative estimate of drug-likeness (QED) is 0.749. The van der Waals surface area contributed by atoms with Gasteiger partial charge < -0.3 is 5.32 Å². The van der Waals surface area contributed by atoms with E-state index in [1.54, 1.807) is 0 Å². The number of hydrogen-bond donors (Lipinski definition) is 1. The molecule has 4 nitrogen and oxygen atoms in total. The number of nitrogens with zero attached hydrogens (tertiary/aromatic N) is 2. The van der Waals surface area contributed by atoms with Crippen LogP contribution in [-0.2, 0) is 24.2 Å². The minimum Gasteiger partial charge on any atom is -0.310 e. The molecule has 0 aliphatic carbocycles. The van der Waals surface area contributed by atoms with E-state index in [1.807, 2.05) is 11.6 Å². The molecule has 0 amide bonds. The van der Waals surface area contributed by atoms with E-state index in [1.165, 1.54) is 0 Å². The van der Waals surface area contributed by atoms with Gasteiger partial charge in [-0.25, -0.2) is 0 Å². The largest absolute Gasteiger partial charge is 0.310 e. The second-order valence-corrected chi connectivity index (χ2v) is 5.06. The Morgan fingerprint density at radius 3 is 2.67 bits per heavy atom. The summed E-state index contributed by atoms with van der Waals surface area (Å²) in [6.07, 6.45) is 2.37. The number of nitrogens with one attached hydrogen (secondary N) is 1. The Balaban J connectivity index is 2.70. The van der Waals surface area contributed by atoms with Gasteiger partial charge in [-0.1, -0.05) is 13.8 Å². The molecule has 102 valence electrons. The number of rotatable bonds is 8. The first kappa shape index (κ1) is 15.4. The van der Waals surface area contributed by atoms with Crippen molar-refractivity contribution < 1.29 is 4.79 Å². The summed E-state index contributed by atoms with van der Waals surface area (Å²) in [6, 6.07) is 0. The highest BCUT2D eigenvalue weighted by atomic mass is 79.9. The number of aryl methyl sites for hydroxylation is 2. The van der Waals surface area contributed by atoms with Crippen LogP contribution in [0.2, 0.25) is 0 Å². The van der Waals surface area contributed by atoms with Crippen LogP contribution in [0.25, 0.3) is 0 Å². The van der Waals surface area contributed by atoms with Gasteiger partial charge in [0.15, 0.2) is 5.78 Å². The van der Waals surface area contributed by atoms with E-state index in [4.69, 9.17) is 0 Å². The third-order valence-electron chi connectivity index (χ3n) is 2.81. The summed E-state index contributed by atoms with van der Waals surface area (Å²) in [4.78, 5) is 11.9. The van der Waals surface area contributed by atoms with Gasteiger partial charge in [0.25, 0.3) is 0 Å². The van der Waals surface area contributed by atoms with E-state index in [9.17, 15) is 4.79 Å². The van der Waals surface area contributed by atoms with Crippen LogP contribution < -0.4 is 5.32 Å². The summed E-state index contributed by atoms with van der Waals surface area (Å²) >= 11 is 3.56. The van der Waals surface area contributed by atoms with Gasteiger partial charge in [0, 0.05) is 6.54 Å². The first-order valence-corrected chi connectivity index (χ1v) is 7.39. The molecule has 1 rings (SSSR count). The van der Waals surface area contributed by atoms with E-state index in [-0.39, 0.29) is 5.78 Å². The molecular weight excluding hydrogens is 294 g/mol. The fourth-order valence-electron chi connectivity index (χ4n) is 1.84. The predicted octanol–water partition coefficient (Wildman–Crippen LogP) is 2.34. The maximum Gasteiger partial charge on any atom is 0.152 e. The molecule has 5 heteroatoms. The minimum absolute atomic E-state index is 0.210. The van der Waals surface area contributed by atoms with Crippen molar-refractivity contribution in [3.63, 3.8) is 0 Å². The Labute approximate surface area is 117 Å². The topological polar surface area (TPSA) is 46.9 Å². The summed E-state index contributed by atoms with van der Waals surface area (Å²) in [5.41, 5.74) is 2.03. The van der Waals surface area contributed by atoms with Crippen LogP contribution in [0.5, 0.6) is 0 Å². The van der Waals surface area contributed by atoms with Gasteiger partial charge in [-0.2, -0.15) is 5.10 Å². The second kappa shape index (κ2) is 7.69. The van der Waals surface area contributed by atoms with Crippen molar-refractivity contribution in [1.82, 2.24) is 15.1 Å². The molecule has 0 fully saturated rings. The molecule has 0 spiro atoms. The smallest absolute Gasteiger partial charge is 0.152 e. The SMILES string of the molecule is CCCNCC(=O)Cc1c(Br)c(CC)nn1CC. The number of ketones is 1. The highest BCUT2D eigenvalue weighted by molar-refractivity contribution is 9.10. The standard InChI is InChI=1S/C13H22BrN3O/c1-4-7-15-9-10(18)8-12-13(14)11(5-2)16-17(12)6-3/h15H,4-9H2,1-3H3. The van der Waals surface area contributed by atoms with E-state index in [0.29, 0.717) is 13.0 Å². The third kappa shape index (κ3) is 3.92. The highest BCUT2D eigenvalue weighted by Gasteiger charge is 2.16. The molecule has 0 aromatic carbocycles. The Bertz CT molecular complexity index is 401. The number of carbonyl (C=O) groups is 1. The monoisotopic (exact) mass is 315 g/mol. The first-order chi connectivity index (χ1) is 8.63. The number of carbonyl (C=O) groups excluding carboxylic acids is 1. The van der Waals surface area contributed by atoms with Crippen LogP contribution in [0.15, 0.2) is 4.47 Å². The number of aromatic nitrogens is 2. The van der Waals surface area contributed by atoms with Crippen LogP contribution in [-0.4, -0.2) is 28.7 Å². The molecule has 0 saturated carbocycles. The lowest BCUT2D eigenvalue weighted by Gasteiger charge is -2.05. The van der Waals surface area contributed by atoms with Crippen molar-refractivity contribution >= 4 is 21.7 Å². The maximum atomic E-state index is 11.9. The molecule has 1 N–H and O–H groups in total. The van der Waals surface area contributed by atoms with Gasteiger partial charge in [0.1, 0.15) is 0 Å². The van der Waals surface area contributed by atoms with E-state index in [2.05, 4.69) is 40.2 Å². The Hall–Kier alpha value is -0.680. The normalized spacial score (nSPS) is 10.9. The molecular formula is C13H22BrN3O. The van der Waals surface area contributed by atoms with Crippen molar-refractivity contribution in [2.75, 3.05) is 13.1 Å². The van der Waals surface area contributed by atoms with Gasteiger partial charge in [-0.15, -0.1) is 0 Å². The molecule has 1 aromatic heterocycles. The van der Waals surface area contributed by atoms with E-state index >= 15 is 0 Å². The third-order valence-corrected chi connectivity index (χ3v) is 3.72. The number of halogens is 1. The Morgan fingerprint density at radius 1 is 1.39 bits per heavy atom. The van der Waals surface area contributed by atoms with Crippen molar-refractivity contribution in [3.8, 4) is 0 Å². The van der Waals surface area contributed by atoms with Gasteiger partial charge in [0.05, 0.1) is 28.8 Å². The summed E-state index contributed by atoms with van der Waals surface area (Å²) in [7, 11) is 0. The summed E-state index contributed by atoms with van der Waals surface area (Å²) in [5, 5.41) is 7.63. The zero-order valence-electron chi connectivity index (χ0n) is 11.4. The van der Waals surface area contributed by atoms with E-state index in [0.717, 1.165) is 41.8 Å². The molecule has 0 aliphatic heterocycles. The zero-order chi connectivity index (χ0) is 13.5. The number of Topliss-reactive ketones (excluding diaryl/α,β-unsaturated/α-hetero) is 1. The zero-order valence-corrected chi connectivity index (χ0v) is 13.0. The molecule has 0 bridgehead atoms. The lowest BCUT2D eigenvalue weighted by atomic mass is 10.2. The van der Waals surface area contributed by atoms with Crippen LogP contribution in [0.3, 0.4) is 0 Å². The van der Waals surface area contributed by atoms with Crippen molar-refractivity contribution in [3.05, 3.63) is 15.9 Å². The molecule has 0 unspecified atom stereocenters. The fourth-order valence-corrected chi connectivity index (χ4v) is 2.54. The summed E-state index contributed by atoms with van der Waals surface area (Å²) < 4.78 is 2.91. The molecule has 0 atom stereocenters. The molecule has 0 aliphatic rings. The van der Waals surface area contributed by atoms with Crippen molar-refractivity contribution in [2.24, 2.45) is 0 Å². The summed E-state index contributed by atoms with van der Waals surface area (Å²) in [5.74, 6) is 0.210. The van der Waals surface area contributed by atoms with Crippen molar-refractivity contribution in [2.45, 2.75) is 46.6 Å². The predicted molar refractivity (Wildman–Crippen MR) is 76.9 cm³/mol. The highest BCUT2D eigenvalue weighted by Crippen LogP contribution is 2.22. The van der Waals surface area contributed by atoms with Gasteiger partial charge in [-0.05, 0) is 42.2 Å². The van der Waals surface area contributed by atoms with Gasteiger partial charge in [0.2, 0.25) is 0 Å². The van der Waals surface area contributed by atoms with E-state index < -0.39 is 0 Å². The minimum atomic E-state index is 0.210. The molecule has 0 saturated heterocycles. The average Bonchev–Trinajstić information content (AvgIpc) is 2.66. The molecule has 1 heterocycles. The fraction of sp³-hybridized carbons (Fsp3) is 0.692. The average molecular weight is 316 g/mol. The van der Waals surface area contributed by atoms with Gasteiger partial charge >= 0.3 is 0 Å². The van der Waals surface area contributed by atoms with Gasteiger partial charge in [-0.3, -0.25) is 9.48 Å². The molecule has 18 heavy (non-hydrogen) atoms. The van der Waals surface area contributed by atoms with Crippen LogP contribution >= 0.6 is 15.9 Å². The molecule has 1 aromatic rings. The molecule has 0 radical (unpaired) electrons. The first-order valence-electron chi connectivity index (χ1n) is 6.60. The Morgan fingerprint density at radius 2 is 2.11 bits per heavy atom. The van der Waals surface area contributed by atoms with Crippen molar-refractivity contribution in [1.29, 1.82) is 0 Å². The van der Waals surface area contributed by atoms with Crippen LogP contribution in [0.1, 0.15) is 38.6 Å².